The fourth-order valence-corrected chi connectivity index (χ4v) is 5.51. The molecule has 2 aliphatic rings. The number of esters is 2. The number of hydrogen-bond acceptors (Lipinski definition) is 8. The van der Waals surface area contributed by atoms with E-state index in [-0.39, 0.29) is 17.2 Å². The van der Waals surface area contributed by atoms with Crippen LogP contribution in [-0.2, 0) is 14.3 Å². The smallest absolute Gasteiger partial charge is 0.338 e. The molecular weight excluding hydrogens is 492 g/mol. The first-order valence-corrected chi connectivity index (χ1v) is 12.4. The molecule has 3 heterocycles. The van der Waals surface area contributed by atoms with Crippen LogP contribution in [0.15, 0.2) is 75.2 Å². The van der Waals surface area contributed by atoms with Crippen molar-refractivity contribution in [2.24, 2.45) is 4.99 Å². The summed E-state index contributed by atoms with van der Waals surface area (Å²) in [6, 6.07) is 13.7. The fourth-order valence-electron chi connectivity index (χ4n) is 4.47. The third-order valence-corrected chi connectivity index (χ3v) is 7.18. The van der Waals surface area contributed by atoms with Crippen LogP contribution in [0.25, 0.3) is 12.2 Å². The first kappa shape index (κ1) is 24.5. The van der Waals surface area contributed by atoms with Gasteiger partial charge < -0.3 is 14.2 Å². The van der Waals surface area contributed by atoms with E-state index in [9.17, 15) is 14.4 Å². The molecule has 0 saturated heterocycles. The first-order valence-electron chi connectivity index (χ1n) is 11.6. The monoisotopic (exact) mass is 516 g/mol. The van der Waals surface area contributed by atoms with Crippen molar-refractivity contribution in [3.63, 3.8) is 0 Å². The van der Waals surface area contributed by atoms with Crippen LogP contribution in [0.3, 0.4) is 0 Å². The number of aromatic nitrogens is 1. The predicted octanol–water partition coefficient (Wildman–Crippen LogP) is 3.15. The molecule has 0 saturated carbocycles. The van der Waals surface area contributed by atoms with Gasteiger partial charge in [-0.2, -0.15) is 0 Å². The Morgan fingerprint density at radius 3 is 2.57 bits per heavy atom. The van der Waals surface area contributed by atoms with Crippen molar-refractivity contribution < 1.29 is 23.8 Å². The highest BCUT2D eigenvalue weighted by Gasteiger charge is 2.33. The molecule has 9 heteroatoms. The van der Waals surface area contributed by atoms with Gasteiger partial charge in [-0.1, -0.05) is 41.7 Å². The molecule has 37 heavy (non-hydrogen) atoms. The molecule has 0 amide bonds. The molecule has 0 N–H and O–H groups in total. The Bertz CT molecular complexity index is 1660. The Morgan fingerprint density at radius 1 is 1.14 bits per heavy atom. The van der Waals surface area contributed by atoms with Gasteiger partial charge in [0.2, 0.25) is 0 Å². The van der Waals surface area contributed by atoms with Crippen molar-refractivity contribution in [3.05, 3.63) is 96.2 Å². The molecule has 0 spiro atoms. The summed E-state index contributed by atoms with van der Waals surface area (Å²) in [4.78, 5) is 43.0. The second-order valence-corrected chi connectivity index (χ2v) is 9.69. The molecule has 1 aromatic heterocycles. The summed E-state index contributed by atoms with van der Waals surface area (Å²) in [6.07, 6.45) is 3.59. The van der Waals surface area contributed by atoms with Crippen LogP contribution in [0.4, 0.5) is 0 Å². The second kappa shape index (κ2) is 9.67. The van der Waals surface area contributed by atoms with E-state index in [1.165, 1.54) is 29.9 Å². The molecule has 2 aliphatic heterocycles. The van der Waals surface area contributed by atoms with E-state index < -0.39 is 18.0 Å². The number of ether oxygens (including phenoxy) is 3. The normalized spacial score (nSPS) is 18.7. The van der Waals surface area contributed by atoms with E-state index >= 15 is 0 Å². The maximum Gasteiger partial charge on any atom is 0.338 e. The highest BCUT2D eigenvalue weighted by atomic mass is 32.1. The van der Waals surface area contributed by atoms with Crippen molar-refractivity contribution in [2.75, 3.05) is 7.11 Å². The molecular formula is C28H24N2O6S. The zero-order valence-corrected chi connectivity index (χ0v) is 21.5. The van der Waals surface area contributed by atoms with Gasteiger partial charge >= 0.3 is 11.9 Å². The van der Waals surface area contributed by atoms with E-state index in [4.69, 9.17) is 14.2 Å². The average Bonchev–Trinajstić information content (AvgIpc) is 3.17. The maximum absolute atomic E-state index is 13.8. The molecule has 2 aromatic carbocycles. The van der Waals surface area contributed by atoms with Crippen molar-refractivity contribution in [3.8, 4) is 11.5 Å². The van der Waals surface area contributed by atoms with E-state index in [0.717, 1.165) is 16.9 Å². The maximum atomic E-state index is 13.8. The molecule has 8 nitrogen and oxygen atoms in total. The van der Waals surface area contributed by atoms with Gasteiger partial charge in [-0.15, -0.1) is 0 Å². The van der Waals surface area contributed by atoms with Crippen LogP contribution in [0.2, 0.25) is 0 Å². The van der Waals surface area contributed by atoms with Crippen LogP contribution in [0.1, 0.15) is 37.9 Å². The number of hydrogen-bond donors (Lipinski definition) is 0. The largest absolute Gasteiger partial charge is 0.485 e. The number of rotatable bonds is 4. The molecule has 0 aliphatic carbocycles. The number of thiazole rings is 1. The van der Waals surface area contributed by atoms with Crippen molar-refractivity contribution in [1.29, 1.82) is 0 Å². The zero-order chi connectivity index (χ0) is 26.3. The van der Waals surface area contributed by atoms with Gasteiger partial charge in [0.1, 0.15) is 17.6 Å². The van der Waals surface area contributed by atoms with Gasteiger partial charge in [-0.25, -0.2) is 9.79 Å². The summed E-state index contributed by atoms with van der Waals surface area (Å²) in [5.41, 5.74) is 2.91. The zero-order valence-electron chi connectivity index (χ0n) is 20.7. The molecule has 3 aromatic rings. The summed E-state index contributed by atoms with van der Waals surface area (Å²) in [5.74, 6) is 0.148. The van der Waals surface area contributed by atoms with Crippen molar-refractivity contribution >= 4 is 35.4 Å². The lowest BCUT2D eigenvalue weighted by molar-refractivity contribution is -0.136. The van der Waals surface area contributed by atoms with E-state index in [1.807, 2.05) is 43.3 Å². The number of carbonyl (C=O) groups excluding carboxylic acids is 2. The topological polar surface area (TPSA) is 96.2 Å². The standard InChI is InChI=1S/C28H24N2O6S/c1-15-24(27(33)34-4)25(18-9-11-21(12-10-18)36-17(3)31)30-26(32)23(37-28(30)29-15)14-20-13-19-7-5-6-8-22(19)35-16(20)2/h5-14,16,25H,1-4H3/b23-14-. The Balaban J connectivity index is 1.66. The predicted molar refractivity (Wildman–Crippen MR) is 139 cm³/mol. The summed E-state index contributed by atoms with van der Waals surface area (Å²) >= 11 is 1.25. The second-order valence-electron chi connectivity index (χ2n) is 8.68. The molecule has 0 bridgehead atoms. The van der Waals surface area contributed by atoms with Crippen molar-refractivity contribution in [1.82, 2.24) is 4.57 Å². The number of allylic oxidation sites excluding steroid dienone is 1. The Labute approximate surface area is 216 Å². The van der Waals surface area contributed by atoms with E-state index in [2.05, 4.69) is 4.99 Å². The number of para-hydroxylation sites is 1. The quantitative estimate of drug-likeness (QED) is 0.391. The number of methoxy groups -OCH3 is 1. The first-order chi connectivity index (χ1) is 17.8. The Hall–Kier alpha value is -4.24. The van der Waals surface area contributed by atoms with Crippen molar-refractivity contribution in [2.45, 2.75) is 32.9 Å². The molecule has 188 valence electrons. The van der Waals surface area contributed by atoms with Gasteiger partial charge in [0.25, 0.3) is 5.56 Å². The number of benzene rings is 2. The van der Waals surface area contributed by atoms with Crippen LogP contribution >= 0.6 is 11.3 Å². The minimum Gasteiger partial charge on any atom is -0.485 e. The summed E-state index contributed by atoms with van der Waals surface area (Å²) < 4.78 is 18.2. The third-order valence-electron chi connectivity index (χ3n) is 6.20. The third kappa shape index (κ3) is 4.53. The van der Waals surface area contributed by atoms with Gasteiger partial charge in [0, 0.05) is 12.5 Å². The van der Waals surface area contributed by atoms with Crippen LogP contribution in [0.5, 0.6) is 11.5 Å². The Morgan fingerprint density at radius 2 is 1.86 bits per heavy atom. The molecule has 5 rings (SSSR count). The van der Waals surface area contributed by atoms with Crippen LogP contribution in [0, 0.1) is 0 Å². The van der Waals surface area contributed by atoms with Gasteiger partial charge in [0.15, 0.2) is 4.80 Å². The minimum absolute atomic E-state index is 0.245. The fraction of sp³-hybridized carbons (Fsp3) is 0.214. The molecule has 0 radical (unpaired) electrons. The van der Waals surface area contributed by atoms with Gasteiger partial charge in [-0.3, -0.25) is 14.2 Å². The minimum atomic E-state index is -0.757. The van der Waals surface area contributed by atoms with E-state index in [1.54, 1.807) is 31.2 Å². The highest BCUT2D eigenvalue weighted by molar-refractivity contribution is 7.07. The van der Waals surface area contributed by atoms with Crippen LogP contribution < -0.4 is 24.4 Å². The Kier molecular flexibility index (Phi) is 6.39. The number of fused-ring (bicyclic) bond motifs is 2. The van der Waals surface area contributed by atoms with E-state index in [0.29, 0.717) is 26.3 Å². The van der Waals surface area contributed by atoms with Gasteiger partial charge in [0.05, 0.1) is 29.0 Å². The molecule has 2 unspecified atom stereocenters. The average molecular weight is 517 g/mol. The summed E-state index contributed by atoms with van der Waals surface area (Å²) in [5, 5.41) is 0. The number of nitrogens with zero attached hydrogens (tertiary/aromatic N) is 2. The molecule has 0 fully saturated rings. The van der Waals surface area contributed by atoms with Crippen LogP contribution in [-0.4, -0.2) is 29.7 Å². The molecule has 2 atom stereocenters. The number of carbonyl (C=O) groups is 2. The summed E-state index contributed by atoms with van der Waals surface area (Å²) in [6.45, 7) is 4.97. The highest BCUT2D eigenvalue weighted by Crippen LogP contribution is 2.32. The summed E-state index contributed by atoms with van der Waals surface area (Å²) in [7, 11) is 1.30. The lowest BCUT2D eigenvalue weighted by Gasteiger charge is -2.24. The lowest BCUT2D eigenvalue weighted by atomic mass is 9.96. The lowest BCUT2D eigenvalue weighted by Crippen LogP contribution is -2.40. The van der Waals surface area contributed by atoms with Gasteiger partial charge in [-0.05, 0) is 55.3 Å². The SMILES string of the molecule is COC(=O)C1=C(C)N=c2s/c(=C\C3=Cc4ccccc4OC3C)c(=O)n2C1c1ccc(OC(C)=O)cc1.